The van der Waals surface area contributed by atoms with Gasteiger partial charge in [0.15, 0.2) is 0 Å². The number of halogens is 1. The van der Waals surface area contributed by atoms with E-state index in [1.807, 2.05) is 0 Å². The summed E-state index contributed by atoms with van der Waals surface area (Å²) in [6, 6.07) is 1.56. The maximum Gasteiger partial charge on any atom is 0.267 e. The van der Waals surface area contributed by atoms with Crippen molar-refractivity contribution in [3.05, 3.63) is 29.3 Å². The first-order chi connectivity index (χ1) is 6.61. The molecular formula is C9H8FN3O. The lowest BCUT2D eigenvalue weighted by molar-refractivity contribution is 0.0994. The monoisotopic (exact) mass is 193 g/mol. The van der Waals surface area contributed by atoms with E-state index >= 15 is 0 Å². The molecular weight excluding hydrogens is 185 g/mol. The summed E-state index contributed by atoms with van der Waals surface area (Å²) >= 11 is 0. The van der Waals surface area contributed by atoms with Crippen LogP contribution in [0.15, 0.2) is 12.3 Å². The summed E-state index contributed by atoms with van der Waals surface area (Å²) in [5, 5.41) is 0.368. The molecule has 0 radical (unpaired) electrons. The Morgan fingerprint density at radius 1 is 1.64 bits per heavy atom. The zero-order valence-corrected chi connectivity index (χ0v) is 7.47. The Bertz CT molecular complexity index is 518. The van der Waals surface area contributed by atoms with Crippen LogP contribution < -0.4 is 5.73 Å². The second kappa shape index (κ2) is 2.80. The topological polar surface area (TPSA) is 71.8 Å². The standard InChI is InChI=1S/C9H8FN3O/c1-4-6(10)5-2-3-12-9(5)13-7(4)8(11)14/h2-3H,1H3,(H2,11,14)(H,12,13). The molecule has 0 saturated carbocycles. The molecule has 5 heteroatoms. The number of rotatable bonds is 1. The highest BCUT2D eigenvalue weighted by atomic mass is 19.1. The van der Waals surface area contributed by atoms with Gasteiger partial charge in [-0.3, -0.25) is 4.79 Å². The van der Waals surface area contributed by atoms with E-state index in [1.165, 1.54) is 6.92 Å². The molecule has 3 N–H and O–H groups in total. The van der Waals surface area contributed by atoms with E-state index in [4.69, 9.17) is 5.73 Å². The minimum atomic E-state index is -0.724. The lowest BCUT2D eigenvalue weighted by Gasteiger charge is -2.02. The predicted octanol–water partition coefficient (Wildman–Crippen LogP) is 1.11. The molecule has 0 aromatic carbocycles. The molecule has 4 nitrogen and oxygen atoms in total. The number of nitrogens with one attached hydrogen (secondary N) is 1. The SMILES string of the molecule is Cc1c(C(N)=O)nc2[nH]ccc2c1F. The number of pyridine rings is 1. The molecule has 1 amide bonds. The maximum absolute atomic E-state index is 13.6. The Balaban J connectivity index is 2.87. The number of aromatic nitrogens is 2. The molecule has 2 rings (SSSR count). The van der Waals surface area contributed by atoms with Gasteiger partial charge >= 0.3 is 0 Å². The molecule has 0 fully saturated rings. The van der Waals surface area contributed by atoms with Crippen LogP contribution in [0.1, 0.15) is 16.1 Å². The van der Waals surface area contributed by atoms with E-state index in [0.717, 1.165) is 0 Å². The third kappa shape index (κ3) is 1.06. The normalized spacial score (nSPS) is 10.7. The van der Waals surface area contributed by atoms with Crippen LogP contribution in [-0.2, 0) is 0 Å². The van der Waals surface area contributed by atoms with E-state index in [9.17, 15) is 9.18 Å². The highest BCUT2D eigenvalue weighted by Crippen LogP contribution is 2.19. The molecule has 0 unspecified atom stereocenters. The first kappa shape index (κ1) is 8.68. The van der Waals surface area contributed by atoms with E-state index < -0.39 is 11.7 Å². The third-order valence-electron chi connectivity index (χ3n) is 2.10. The number of nitrogens with zero attached hydrogens (tertiary/aromatic N) is 1. The lowest BCUT2D eigenvalue weighted by Crippen LogP contribution is -2.16. The highest BCUT2D eigenvalue weighted by molar-refractivity contribution is 5.95. The smallest absolute Gasteiger partial charge is 0.267 e. The van der Waals surface area contributed by atoms with Crippen molar-refractivity contribution in [3.63, 3.8) is 0 Å². The van der Waals surface area contributed by atoms with Crippen molar-refractivity contribution in [1.29, 1.82) is 0 Å². The van der Waals surface area contributed by atoms with Crippen molar-refractivity contribution in [2.45, 2.75) is 6.92 Å². The summed E-state index contributed by atoms with van der Waals surface area (Å²) in [6.07, 6.45) is 1.56. The molecule has 0 bridgehead atoms. The van der Waals surface area contributed by atoms with Crippen LogP contribution in [0.4, 0.5) is 4.39 Å². The molecule has 0 aliphatic carbocycles. The number of aromatic amines is 1. The van der Waals surface area contributed by atoms with Crippen LogP contribution in [0.5, 0.6) is 0 Å². The van der Waals surface area contributed by atoms with Crippen LogP contribution >= 0.6 is 0 Å². The van der Waals surface area contributed by atoms with Gasteiger partial charge in [0.25, 0.3) is 5.91 Å². The van der Waals surface area contributed by atoms with Crippen LogP contribution in [0.2, 0.25) is 0 Å². The molecule has 0 atom stereocenters. The van der Waals surface area contributed by atoms with E-state index in [-0.39, 0.29) is 11.3 Å². The summed E-state index contributed by atoms with van der Waals surface area (Å²) in [6.45, 7) is 1.48. The number of hydrogen-bond donors (Lipinski definition) is 2. The van der Waals surface area contributed by atoms with Crippen molar-refractivity contribution in [2.24, 2.45) is 5.73 Å². The van der Waals surface area contributed by atoms with Gasteiger partial charge in [-0.1, -0.05) is 0 Å². The first-order valence-electron chi connectivity index (χ1n) is 4.04. The number of amides is 1. The summed E-state index contributed by atoms with van der Waals surface area (Å²) in [5.41, 5.74) is 5.55. The minimum Gasteiger partial charge on any atom is -0.364 e. The second-order valence-corrected chi connectivity index (χ2v) is 3.00. The maximum atomic E-state index is 13.6. The Labute approximate surface area is 78.9 Å². The number of carbonyl (C=O) groups excluding carboxylic acids is 1. The van der Waals surface area contributed by atoms with Gasteiger partial charge in [-0.15, -0.1) is 0 Å². The van der Waals surface area contributed by atoms with Crippen LogP contribution in [0, 0.1) is 12.7 Å². The number of H-pyrrole nitrogens is 1. The van der Waals surface area contributed by atoms with Gasteiger partial charge in [-0.25, -0.2) is 9.37 Å². The Morgan fingerprint density at radius 3 is 3.00 bits per heavy atom. The van der Waals surface area contributed by atoms with Gasteiger partial charge in [-0.05, 0) is 13.0 Å². The summed E-state index contributed by atoms with van der Waals surface area (Å²) < 4.78 is 13.6. The van der Waals surface area contributed by atoms with Crippen LogP contribution in [-0.4, -0.2) is 15.9 Å². The largest absolute Gasteiger partial charge is 0.364 e. The quantitative estimate of drug-likeness (QED) is 0.712. The van der Waals surface area contributed by atoms with Crippen molar-refractivity contribution in [3.8, 4) is 0 Å². The second-order valence-electron chi connectivity index (χ2n) is 3.00. The molecule has 2 aromatic rings. The van der Waals surface area contributed by atoms with Gasteiger partial charge < -0.3 is 10.7 Å². The Morgan fingerprint density at radius 2 is 2.36 bits per heavy atom. The molecule has 14 heavy (non-hydrogen) atoms. The molecule has 0 spiro atoms. The number of hydrogen-bond acceptors (Lipinski definition) is 2. The average molecular weight is 193 g/mol. The first-order valence-corrected chi connectivity index (χ1v) is 4.04. The van der Waals surface area contributed by atoms with Crippen molar-refractivity contribution < 1.29 is 9.18 Å². The number of nitrogens with two attached hydrogens (primary N) is 1. The molecule has 0 saturated heterocycles. The van der Waals surface area contributed by atoms with Crippen molar-refractivity contribution in [1.82, 2.24) is 9.97 Å². The fourth-order valence-electron chi connectivity index (χ4n) is 1.37. The molecule has 72 valence electrons. The number of primary amides is 1. The van der Waals surface area contributed by atoms with Crippen molar-refractivity contribution >= 4 is 16.9 Å². The van der Waals surface area contributed by atoms with Crippen LogP contribution in [0.25, 0.3) is 11.0 Å². The van der Waals surface area contributed by atoms with E-state index in [0.29, 0.717) is 11.0 Å². The number of fused-ring (bicyclic) bond motifs is 1. The predicted molar refractivity (Wildman–Crippen MR) is 49.3 cm³/mol. The van der Waals surface area contributed by atoms with Gasteiger partial charge in [0.2, 0.25) is 0 Å². The zero-order valence-electron chi connectivity index (χ0n) is 7.47. The van der Waals surface area contributed by atoms with E-state index in [1.54, 1.807) is 12.3 Å². The Hall–Kier alpha value is -1.91. The van der Waals surface area contributed by atoms with Gasteiger partial charge in [0.1, 0.15) is 17.2 Å². The van der Waals surface area contributed by atoms with E-state index in [2.05, 4.69) is 9.97 Å². The summed E-state index contributed by atoms with van der Waals surface area (Å²) in [4.78, 5) is 17.6. The van der Waals surface area contributed by atoms with Crippen molar-refractivity contribution in [2.75, 3.05) is 0 Å². The van der Waals surface area contributed by atoms with Gasteiger partial charge in [0, 0.05) is 11.8 Å². The minimum absolute atomic E-state index is 0.0301. The fourth-order valence-corrected chi connectivity index (χ4v) is 1.37. The molecule has 0 aliphatic rings. The zero-order chi connectivity index (χ0) is 10.3. The fraction of sp³-hybridized carbons (Fsp3) is 0.111. The molecule has 2 aromatic heterocycles. The van der Waals surface area contributed by atoms with Gasteiger partial charge in [-0.2, -0.15) is 0 Å². The number of carbonyl (C=O) groups is 1. The van der Waals surface area contributed by atoms with Gasteiger partial charge in [0.05, 0.1) is 5.39 Å². The van der Waals surface area contributed by atoms with Crippen LogP contribution in [0.3, 0.4) is 0 Å². The summed E-state index contributed by atoms with van der Waals surface area (Å²) in [7, 11) is 0. The highest BCUT2D eigenvalue weighted by Gasteiger charge is 2.15. The Kier molecular flexibility index (Phi) is 1.73. The molecule has 2 heterocycles. The molecule has 0 aliphatic heterocycles. The average Bonchev–Trinajstić information content (AvgIpc) is 2.58. The summed E-state index contributed by atoms with van der Waals surface area (Å²) in [5.74, 6) is -1.18. The third-order valence-corrected chi connectivity index (χ3v) is 2.10. The lowest BCUT2D eigenvalue weighted by atomic mass is 10.1.